The highest BCUT2D eigenvalue weighted by Gasteiger charge is 2.41. The molecule has 2 amide bonds. The van der Waals surface area contributed by atoms with Crippen LogP contribution in [0.25, 0.3) is 0 Å². The molecule has 27 heavy (non-hydrogen) atoms. The Bertz CT molecular complexity index is 768. The highest BCUT2D eigenvalue weighted by Crippen LogP contribution is 2.34. The van der Waals surface area contributed by atoms with Crippen molar-refractivity contribution in [2.45, 2.75) is 6.92 Å². The van der Waals surface area contributed by atoms with Crippen LogP contribution in [0.15, 0.2) is 24.3 Å². The Kier molecular flexibility index (Phi) is 4.92. The molecule has 1 aromatic rings. The van der Waals surface area contributed by atoms with Crippen LogP contribution in [0.4, 0.5) is 16.2 Å². The van der Waals surface area contributed by atoms with E-state index in [9.17, 15) is 13.2 Å². The highest BCUT2D eigenvalue weighted by atomic mass is 32.2. The van der Waals surface area contributed by atoms with Gasteiger partial charge in [-0.25, -0.2) is 13.2 Å². The van der Waals surface area contributed by atoms with Crippen LogP contribution in [0.3, 0.4) is 0 Å². The Balaban J connectivity index is 1.34. The van der Waals surface area contributed by atoms with Gasteiger partial charge in [0.15, 0.2) is 9.84 Å². The summed E-state index contributed by atoms with van der Waals surface area (Å²) in [5.41, 5.74) is 2.30. The van der Waals surface area contributed by atoms with Gasteiger partial charge in [0.25, 0.3) is 0 Å². The van der Waals surface area contributed by atoms with E-state index in [0.29, 0.717) is 31.5 Å². The van der Waals surface area contributed by atoms with Gasteiger partial charge in [0.05, 0.1) is 11.5 Å². The Hall–Kier alpha value is -1.96. The summed E-state index contributed by atoms with van der Waals surface area (Å²) in [7, 11) is -2.85. The van der Waals surface area contributed by atoms with Crippen LogP contribution in [0, 0.1) is 11.8 Å². The molecule has 0 unspecified atom stereocenters. The van der Waals surface area contributed by atoms with Gasteiger partial charge in [0.1, 0.15) is 0 Å². The number of nitrogens with one attached hydrogen (secondary N) is 1. The van der Waals surface area contributed by atoms with Crippen molar-refractivity contribution >= 4 is 27.2 Å². The van der Waals surface area contributed by atoms with Gasteiger partial charge in [-0.3, -0.25) is 0 Å². The van der Waals surface area contributed by atoms with E-state index in [2.05, 4.69) is 39.4 Å². The molecule has 0 aliphatic carbocycles. The third-order valence-electron chi connectivity index (χ3n) is 6.03. The minimum atomic E-state index is -2.85. The predicted molar refractivity (Wildman–Crippen MR) is 107 cm³/mol. The molecule has 1 aromatic carbocycles. The first-order chi connectivity index (χ1) is 12.9. The van der Waals surface area contributed by atoms with Crippen LogP contribution in [0.2, 0.25) is 0 Å². The van der Waals surface area contributed by atoms with Gasteiger partial charge < -0.3 is 20.0 Å². The Labute approximate surface area is 161 Å². The van der Waals surface area contributed by atoms with E-state index in [1.54, 1.807) is 0 Å². The fourth-order valence-corrected chi connectivity index (χ4v) is 5.68. The highest BCUT2D eigenvalue weighted by molar-refractivity contribution is 7.91. The molecule has 148 valence electrons. The van der Waals surface area contributed by atoms with E-state index in [4.69, 9.17) is 0 Å². The molecule has 0 aromatic heterocycles. The number of benzene rings is 1. The summed E-state index contributed by atoms with van der Waals surface area (Å²) in [5, 5.41) is 2.89. The molecular formula is C19H28N4O3S. The third-order valence-corrected chi connectivity index (χ3v) is 7.64. The van der Waals surface area contributed by atoms with E-state index in [0.717, 1.165) is 31.9 Å². The zero-order valence-corrected chi connectivity index (χ0v) is 16.6. The summed E-state index contributed by atoms with van der Waals surface area (Å²) in [6, 6.07) is 8.54. The first kappa shape index (κ1) is 18.4. The zero-order chi connectivity index (χ0) is 19.0. The van der Waals surface area contributed by atoms with Crippen molar-refractivity contribution in [1.29, 1.82) is 0 Å². The number of likely N-dealkylation sites (tertiary alicyclic amines) is 1. The van der Waals surface area contributed by atoms with E-state index < -0.39 is 9.84 Å². The van der Waals surface area contributed by atoms with Gasteiger partial charge in [-0.15, -0.1) is 0 Å². The first-order valence-corrected chi connectivity index (χ1v) is 11.6. The second-order valence-corrected chi connectivity index (χ2v) is 10.1. The second-order valence-electron chi connectivity index (χ2n) is 7.82. The van der Waals surface area contributed by atoms with Gasteiger partial charge in [0, 0.05) is 69.0 Å². The van der Waals surface area contributed by atoms with Crippen LogP contribution >= 0.6 is 0 Å². The lowest BCUT2D eigenvalue weighted by molar-refractivity contribution is 0.206. The summed E-state index contributed by atoms with van der Waals surface area (Å²) >= 11 is 0. The van der Waals surface area contributed by atoms with Crippen molar-refractivity contribution in [3.05, 3.63) is 24.3 Å². The topological polar surface area (TPSA) is 73.0 Å². The quantitative estimate of drug-likeness (QED) is 0.832. The average molecular weight is 393 g/mol. The Morgan fingerprint density at radius 1 is 0.963 bits per heavy atom. The summed E-state index contributed by atoms with van der Waals surface area (Å²) in [6.45, 7) is 7.43. The van der Waals surface area contributed by atoms with Crippen molar-refractivity contribution in [3.8, 4) is 0 Å². The number of urea groups is 1. The lowest BCUT2D eigenvalue weighted by Crippen LogP contribution is -2.40. The average Bonchev–Trinajstić information content (AvgIpc) is 3.21. The number of amides is 2. The largest absolute Gasteiger partial charge is 0.371 e. The summed E-state index contributed by atoms with van der Waals surface area (Å²) in [6.07, 6.45) is 0. The van der Waals surface area contributed by atoms with E-state index in [1.807, 2.05) is 11.8 Å². The fourth-order valence-electron chi connectivity index (χ4n) is 4.48. The molecule has 3 aliphatic rings. The summed E-state index contributed by atoms with van der Waals surface area (Å²) in [4.78, 5) is 18.5. The van der Waals surface area contributed by atoms with Gasteiger partial charge in [0.2, 0.25) is 0 Å². The maximum atomic E-state index is 12.0. The van der Waals surface area contributed by atoms with Gasteiger partial charge in [-0.1, -0.05) is 0 Å². The normalized spacial score (nSPS) is 26.9. The fraction of sp³-hybridized carbons (Fsp3) is 0.632. The number of anilines is 2. The number of hydrogen-bond donors (Lipinski definition) is 1. The number of carbonyl (C=O) groups is 1. The molecule has 3 saturated heterocycles. The van der Waals surface area contributed by atoms with Gasteiger partial charge >= 0.3 is 6.03 Å². The Morgan fingerprint density at radius 3 is 2.00 bits per heavy atom. The molecule has 0 saturated carbocycles. The lowest BCUT2D eigenvalue weighted by Gasteiger charge is -2.29. The van der Waals surface area contributed by atoms with Crippen molar-refractivity contribution in [1.82, 2.24) is 10.2 Å². The van der Waals surface area contributed by atoms with E-state index in [-0.39, 0.29) is 17.5 Å². The lowest BCUT2D eigenvalue weighted by atomic mass is 10.0. The van der Waals surface area contributed by atoms with E-state index in [1.165, 1.54) is 5.69 Å². The van der Waals surface area contributed by atoms with Crippen LogP contribution in [0.5, 0.6) is 0 Å². The minimum Gasteiger partial charge on any atom is -0.371 e. The smallest absolute Gasteiger partial charge is 0.317 e. The number of nitrogens with zero attached hydrogens (tertiary/aromatic N) is 3. The SMILES string of the molecule is CCNC(=O)N1C[C@@H]2CN(c3ccc(N4CCS(=O)(=O)CC4)cc3)C[C@@H]2C1. The maximum absolute atomic E-state index is 12.0. The number of rotatable bonds is 3. The minimum absolute atomic E-state index is 0.0614. The molecule has 8 heteroatoms. The Morgan fingerprint density at radius 2 is 1.48 bits per heavy atom. The molecule has 0 bridgehead atoms. The summed E-state index contributed by atoms with van der Waals surface area (Å²) < 4.78 is 23.2. The van der Waals surface area contributed by atoms with Gasteiger partial charge in [-0.05, 0) is 31.2 Å². The molecule has 2 atom stereocenters. The van der Waals surface area contributed by atoms with Crippen LogP contribution in [-0.2, 0) is 9.84 Å². The van der Waals surface area contributed by atoms with Crippen molar-refractivity contribution < 1.29 is 13.2 Å². The molecule has 7 nitrogen and oxygen atoms in total. The van der Waals surface area contributed by atoms with Crippen LogP contribution in [-0.4, -0.2) is 76.7 Å². The number of sulfone groups is 1. The second kappa shape index (κ2) is 7.22. The first-order valence-electron chi connectivity index (χ1n) is 9.78. The van der Waals surface area contributed by atoms with Crippen molar-refractivity contribution in [2.75, 3.05) is 67.1 Å². The molecule has 4 rings (SSSR count). The molecule has 0 spiro atoms. The molecule has 1 N–H and O–H groups in total. The molecule has 3 fully saturated rings. The van der Waals surface area contributed by atoms with E-state index >= 15 is 0 Å². The van der Waals surface area contributed by atoms with Gasteiger partial charge in [-0.2, -0.15) is 0 Å². The third kappa shape index (κ3) is 3.85. The van der Waals surface area contributed by atoms with Crippen molar-refractivity contribution in [2.24, 2.45) is 11.8 Å². The molecule has 3 heterocycles. The molecule has 3 aliphatic heterocycles. The number of fused-ring (bicyclic) bond motifs is 1. The van der Waals surface area contributed by atoms with Crippen molar-refractivity contribution in [3.63, 3.8) is 0 Å². The summed E-state index contributed by atoms with van der Waals surface area (Å²) in [5.74, 6) is 1.57. The van der Waals surface area contributed by atoms with Crippen LogP contribution in [0.1, 0.15) is 6.92 Å². The zero-order valence-electron chi connectivity index (χ0n) is 15.8. The predicted octanol–water partition coefficient (Wildman–Crippen LogP) is 1.02. The standard InChI is InChI=1S/C19H28N4O3S/c1-2-20-19(24)23-13-15-11-22(12-16(15)14-23)18-5-3-17(4-6-18)21-7-9-27(25,26)10-8-21/h3-6,15-16H,2,7-14H2,1H3,(H,20,24)/t15-,16+. The molecule has 0 radical (unpaired) electrons. The number of carbonyl (C=O) groups excluding carboxylic acids is 1. The molecular weight excluding hydrogens is 364 g/mol. The monoisotopic (exact) mass is 392 g/mol. The van der Waals surface area contributed by atoms with Crippen LogP contribution < -0.4 is 15.1 Å². The number of hydrogen-bond acceptors (Lipinski definition) is 5. The maximum Gasteiger partial charge on any atom is 0.317 e.